The zero-order chi connectivity index (χ0) is 4.83. The van der Waals surface area contributed by atoms with Crippen LogP contribution in [0.25, 0.3) is 0 Å². The predicted octanol–water partition coefficient (Wildman–Crippen LogP) is 1.63. The second kappa shape index (κ2) is 9.78. The molecule has 1 heteroatoms. The molecule has 0 atom stereocenters. The van der Waals surface area contributed by atoms with Gasteiger partial charge in [0.05, 0.1) is 0 Å². The van der Waals surface area contributed by atoms with E-state index < -0.39 is 0 Å². The van der Waals surface area contributed by atoms with Crippen molar-refractivity contribution >= 4 is 18.9 Å². The second-order valence-corrected chi connectivity index (χ2v) is 1.50. The molecular formula is C6H13Li. The third-order valence-corrected chi connectivity index (χ3v) is 0.808. The van der Waals surface area contributed by atoms with Crippen molar-refractivity contribution in [1.29, 1.82) is 0 Å². The van der Waals surface area contributed by atoms with Crippen molar-refractivity contribution in [2.45, 2.75) is 32.6 Å². The molecule has 0 nitrogen and oxygen atoms in total. The Hall–Kier alpha value is 0.597. The summed E-state index contributed by atoms with van der Waals surface area (Å²) in [7, 11) is 0. The Morgan fingerprint density at radius 2 is 1.86 bits per heavy atom. The van der Waals surface area contributed by atoms with E-state index in [1.165, 1.54) is 19.3 Å². The van der Waals surface area contributed by atoms with Crippen LogP contribution in [0.5, 0.6) is 0 Å². The van der Waals surface area contributed by atoms with E-state index >= 15 is 0 Å². The Morgan fingerprint density at radius 3 is 2.00 bits per heavy atom. The van der Waals surface area contributed by atoms with Crippen LogP contribution in [-0.2, 0) is 0 Å². The van der Waals surface area contributed by atoms with Crippen LogP contribution in [0.4, 0.5) is 0 Å². The SMILES string of the molecule is [CH]CCCCC.[LiH]. The molecule has 0 aromatic rings. The van der Waals surface area contributed by atoms with E-state index in [1.807, 2.05) is 0 Å². The molecule has 0 aliphatic carbocycles. The van der Waals surface area contributed by atoms with Gasteiger partial charge in [-0.15, -0.1) is 0 Å². The van der Waals surface area contributed by atoms with Gasteiger partial charge >= 0.3 is 18.9 Å². The molecule has 7 heavy (non-hydrogen) atoms. The normalized spacial score (nSPS) is 7.71. The van der Waals surface area contributed by atoms with E-state index in [0.717, 1.165) is 6.42 Å². The van der Waals surface area contributed by atoms with Crippen molar-refractivity contribution < 1.29 is 0 Å². The van der Waals surface area contributed by atoms with Gasteiger partial charge in [-0.2, -0.15) is 0 Å². The van der Waals surface area contributed by atoms with Crippen LogP contribution >= 0.6 is 0 Å². The Labute approximate surface area is 58.9 Å². The molecule has 0 spiro atoms. The summed E-state index contributed by atoms with van der Waals surface area (Å²) in [5, 5.41) is 0. The average molecular weight is 92.1 g/mol. The van der Waals surface area contributed by atoms with Gasteiger partial charge in [0.2, 0.25) is 0 Å². The third-order valence-electron chi connectivity index (χ3n) is 0.808. The first-order valence-electron chi connectivity index (χ1n) is 2.62. The van der Waals surface area contributed by atoms with Crippen molar-refractivity contribution in [3.63, 3.8) is 0 Å². The van der Waals surface area contributed by atoms with Crippen molar-refractivity contribution in [2.24, 2.45) is 0 Å². The minimum atomic E-state index is 0. The van der Waals surface area contributed by atoms with Crippen LogP contribution in [0.1, 0.15) is 32.6 Å². The van der Waals surface area contributed by atoms with Crippen molar-refractivity contribution in [3.8, 4) is 0 Å². The summed E-state index contributed by atoms with van der Waals surface area (Å²) in [6.07, 6.45) is 4.61. The van der Waals surface area contributed by atoms with Gasteiger partial charge in [-0.3, -0.25) is 0 Å². The van der Waals surface area contributed by atoms with Crippen LogP contribution in [0.3, 0.4) is 0 Å². The number of hydrogen-bond donors (Lipinski definition) is 0. The first kappa shape index (κ1) is 10.6. The van der Waals surface area contributed by atoms with Crippen LogP contribution in [0.2, 0.25) is 0 Å². The van der Waals surface area contributed by atoms with E-state index in [9.17, 15) is 0 Å². The van der Waals surface area contributed by atoms with Crippen LogP contribution in [-0.4, -0.2) is 18.9 Å². The molecule has 0 N–H and O–H groups in total. The molecule has 0 rings (SSSR count). The summed E-state index contributed by atoms with van der Waals surface area (Å²) in [5.41, 5.74) is 0. The summed E-state index contributed by atoms with van der Waals surface area (Å²) < 4.78 is 0. The standard InChI is InChI=1S/C6H12.Li.H/c1-3-5-6-4-2;;/h1H,3-6H2,2H3;;. The van der Waals surface area contributed by atoms with Crippen LogP contribution in [0.15, 0.2) is 0 Å². The molecule has 2 radical (unpaired) electrons. The van der Waals surface area contributed by atoms with E-state index in [1.54, 1.807) is 0 Å². The molecule has 0 heterocycles. The van der Waals surface area contributed by atoms with Gasteiger partial charge in [-0.05, 0) is 13.3 Å². The van der Waals surface area contributed by atoms with Gasteiger partial charge < -0.3 is 0 Å². The molecule has 0 bridgehead atoms. The summed E-state index contributed by atoms with van der Waals surface area (Å²) in [5.74, 6) is 0. The molecule has 0 fully saturated rings. The Kier molecular flexibility index (Phi) is 14.7. The zero-order valence-electron chi connectivity index (χ0n) is 4.41. The van der Waals surface area contributed by atoms with Gasteiger partial charge in [-0.1, -0.05) is 26.2 Å². The number of hydrogen-bond acceptors (Lipinski definition) is 0. The van der Waals surface area contributed by atoms with Gasteiger partial charge in [-0.25, -0.2) is 0 Å². The first-order valence-corrected chi connectivity index (χ1v) is 2.62. The average Bonchev–Trinajstić information content (AvgIpc) is 1.61. The molecule has 0 amide bonds. The quantitative estimate of drug-likeness (QED) is 0.366. The fourth-order valence-corrected chi connectivity index (χ4v) is 0.394. The molecule has 0 aromatic carbocycles. The van der Waals surface area contributed by atoms with E-state index in [2.05, 4.69) is 6.92 Å². The summed E-state index contributed by atoms with van der Waals surface area (Å²) in [6.45, 7) is 7.39. The molecular weight excluding hydrogens is 79.0 g/mol. The van der Waals surface area contributed by atoms with Crippen LogP contribution < -0.4 is 0 Å². The third kappa shape index (κ3) is 10.8. The minimum absolute atomic E-state index is 0. The molecule has 0 saturated heterocycles. The van der Waals surface area contributed by atoms with Gasteiger partial charge in [0, 0.05) is 0 Å². The van der Waals surface area contributed by atoms with Crippen molar-refractivity contribution in [3.05, 3.63) is 6.92 Å². The van der Waals surface area contributed by atoms with Crippen LogP contribution in [0, 0.1) is 6.92 Å². The Balaban J connectivity index is 0. The number of unbranched alkanes of at least 4 members (excludes halogenated alkanes) is 3. The topological polar surface area (TPSA) is 0 Å². The maximum atomic E-state index is 5.21. The van der Waals surface area contributed by atoms with Gasteiger partial charge in [0.1, 0.15) is 0 Å². The monoisotopic (exact) mass is 92.1 g/mol. The Bertz CT molecular complexity index is 16.1. The van der Waals surface area contributed by atoms with E-state index in [0.29, 0.717) is 0 Å². The van der Waals surface area contributed by atoms with E-state index in [-0.39, 0.29) is 18.9 Å². The number of rotatable bonds is 3. The molecule has 0 aliphatic rings. The zero-order valence-corrected chi connectivity index (χ0v) is 4.41. The first-order chi connectivity index (χ1) is 2.91. The Morgan fingerprint density at radius 1 is 1.29 bits per heavy atom. The molecule has 0 saturated carbocycles. The maximum absolute atomic E-state index is 5.21. The summed E-state index contributed by atoms with van der Waals surface area (Å²) in [4.78, 5) is 0. The summed E-state index contributed by atoms with van der Waals surface area (Å²) in [6, 6.07) is 0. The molecule has 0 aliphatic heterocycles. The van der Waals surface area contributed by atoms with Crippen molar-refractivity contribution in [2.75, 3.05) is 0 Å². The predicted molar refractivity (Wildman–Crippen MR) is 35.6 cm³/mol. The second-order valence-electron chi connectivity index (χ2n) is 1.50. The summed E-state index contributed by atoms with van der Waals surface area (Å²) >= 11 is 0. The molecule has 38 valence electrons. The van der Waals surface area contributed by atoms with Crippen molar-refractivity contribution in [1.82, 2.24) is 0 Å². The molecule has 0 aromatic heterocycles. The van der Waals surface area contributed by atoms with Gasteiger partial charge in [0.25, 0.3) is 0 Å². The fraction of sp³-hybridized carbons (Fsp3) is 0.833. The van der Waals surface area contributed by atoms with Gasteiger partial charge in [0.15, 0.2) is 0 Å². The molecule has 0 unspecified atom stereocenters. The van der Waals surface area contributed by atoms with E-state index in [4.69, 9.17) is 6.92 Å². The fourth-order valence-electron chi connectivity index (χ4n) is 0.394.